The van der Waals surface area contributed by atoms with Gasteiger partial charge in [0.05, 0.1) is 23.7 Å². The maximum atomic E-state index is 10.8. The van der Waals surface area contributed by atoms with Crippen LogP contribution in [0.4, 0.5) is 5.69 Å². The van der Waals surface area contributed by atoms with E-state index >= 15 is 0 Å². The van der Waals surface area contributed by atoms with Crippen LogP contribution in [-0.4, -0.2) is 12.0 Å². The minimum absolute atomic E-state index is 0.0215. The first kappa shape index (κ1) is 20.6. The molecule has 1 atom stereocenters. The summed E-state index contributed by atoms with van der Waals surface area (Å²) in [4.78, 5) is 10.3. The number of nitro benzene ring substituents is 1. The normalized spacial score (nSPS) is 12.0. The van der Waals surface area contributed by atoms with E-state index < -0.39 is 4.92 Å². The molecule has 1 unspecified atom stereocenters. The summed E-state index contributed by atoms with van der Waals surface area (Å²) < 4.78 is 11.5. The van der Waals surface area contributed by atoms with Crippen LogP contribution in [-0.2, 0) is 0 Å². The monoisotopic (exact) mass is 400 g/mol. The van der Waals surface area contributed by atoms with E-state index in [0.717, 1.165) is 11.1 Å². The van der Waals surface area contributed by atoms with Gasteiger partial charge in [-0.05, 0) is 54.0 Å². The van der Waals surface area contributed by atoms with Gasteiger partial charge in [0.25, 0.3) is 5.69 Å². The Kier molecular flexibility index (Phi) is 6.46. The minimum atomic E-state index is -0.473. The maximum absolute atomic E-state index is 10.8. The summed E-state index contributed by atoms with van der Waals surface area (Å²) in [6.45, 7) is 1.96. The van der Waals surface area contributed by atoms with Gasteiger partial charge in [0, 0.05) is 12.1 Å². The van der Waals surface area contributed by atoms with Crippen molar-refractivity contribution in [1.29, 1.82) is 5.26 Å². The second kappa shape index (κ2) is 9.39. The van der Waals surface area contributed by atoms with Gasteiger partial charge in [-0.3, -0.25) is 10.1 Å². The van der Waals surface area contributed by atoms with E-state index in [-0.39, 0.29) is 11.8 Å². The molecule has 0 aromatic heterocycles. The number of ether oxygens (including phenoxy) is 2. The lowest BCUT2D eigenvalue weighted by molar-refractivity contribution is -0.384. The molecule has 3 aromatic carbocycles. The molecule has 3 rings (SSSR count). The van der Waals surface area contributed by atoms with Crippen molar-refractivity contribution < 1.29 is 14.4 Å². The Hall–Kier alpha value is -4.11. The molecule has 0 aliphatic heterocycles. The first-order chi connectivity index (χ1) is 14.5. The molecule has 0 amide bonds. The highest BCUT2D eigenvalue weighted by atomic mass is 16.6. The molecule has 0 radical (unpaired) electrons. The molecule has 6 nitrogen and oxygen atoms in total. The molecule has 0 aliphatic carbocycles. The molecule has 0 saturated heterocycles. The lowest BCUT2D eigenvalue weighted by Crippen LogP contribution is -2.04. The molecular formula is C24H20N2O4. The second-order valence-electron chi connectivity index (χ2n) is 6.55. The lowest BCUT2D eigenvalue weighted by Gasteiger charge is -2.17. The van der Waals surface area contributed by atoms with Crippen molar-refractivity contribution in [3.05, 3.63) is 99.6 Å². The maximum Gasteiger partial charge on any atom is 0.269 e. The lowest BCUT2D eigenvalue weighted by atomic mass is 10.0. The molecule has 30 heavy (non-hydrogen) atoms. The third kappa shape index (κ3) is 4.83. The van der Waals surface area contributed by atoms with Crippen LogP contribution in [0.1, 0.15) is 29.7 Å². The quantitative estimate of drug-likeness (QED) is 0.216. The fourth-order valence-electron chi connectivity index (χ4n) is 2.96. The molecule has 150 valence electrons. The van der Waals surface area contributed by atoms with E-state index in [9.17, 15) is 15.4 Å². The zero-order valence-electron chi connectivity index (χ0n) is 16.6. The Morgan fingerprint density at radius 3 is 2.37 bits per heavy atom. The molecule has 0 aliphatic rings. The fourth-order valence-corrected chi connectivity index (χ4v) is 2.96. The molecule has 0 fully saturated rings. The van der Waals surface area contributed by atoms with E-state index in [2.05, 4.69) is 6.07 Å². The van der Waals surface area contributed by atoms with E-state index in [0.29, 0.717) is 22.6 Å². The Labute approximate surface area is 174 Å². The third-order valence-corrected chi connectivity index (χ3v) is 4.58. The summed E-state index contributed by atoms with van der Waals surface area (Å²) in [5.74, 6) is 1.15. The Morgan fingerprint density at radius 1 is 1.07 bits per heavy atom. The molecule has 3 aromatic rings. The van der Waals surface area contributed by atoms with Crippen LogP contribution in [0.5, 0.6) is 11.5 Å². The number of nitrogens with zero attached hydrogens (tertiary/aromatic N) is 2. The van der Waals surface area contributed by atoms with Gasteiger partial charge in [-0.15, -0.1) is 0 Å². The summed E-state index contributed by atoms with van der Waals surface area (Å²) in [6.07, 6.45) is 1.55. The number of allylic oxidation sites excluding steroid dienone is 1. The Balaban J connectivity index is 1.85. The van der Waals surface area contributed by atoms with Gasteiger partial charge < -0.3 is 9.47 Å². The third-order valence-electron chi connectivity index (χ3n) is 4.58. The van der Waals surface area contributed by atoms with Gasteiger partial charge in [-0.1, -0.05) is 36.4 Å². The number of benzene rings is 3. The zero-order valence-corrected chi connectivity index (χ0v) is 16.6. The summed E-state index contributed by atoms with van der Waals surface area (Å²) in [5, 5.41) is 20.3. The van der Waals surface area contributed by atoms with Gasteiger partial charge in [-0.25, -0.2) is 0 Å². The summed E-state index contributed by atoms with van der Waals surface area (Å²) in [6, 6.07) is 23.3. The Morgan fingerprint density at radius 2 is 1.77 bits per heavy atom. The number of methoxy groups -OCH3 is 1. The summed E-state index contributed by atoms with van der Waals surface area (Å²) in [7, 11) is 1.56. The first-order valence-corrected chi connectivity index (χ1v) is 9.28. The number of nitriles is 1. The van der Waals surface area contributed by atoms with Gasteiger partial charge in [0.1, 0.15) is 6.10 Å². The highest BCUT2D eigenvalue weighted by Gasteiger charge is 2.12. The molecular weight excluding hydrogens is 380 g/mol. The summed E-state index contributed by atoms with van der Waals surface area (Å²) in [5.41, 5.74) is 2.76. The van der Waals surface area contributed by atoms with Gasteiger partial charge in [0.2, 0.25) is 0 Å². The number of hydrogen-bond donors (Lipinski definition) is 0. The van der Waals surface area contributed by atoms with Crippen molar-refractivity contribution in [3.63, 3.8) is 0 Å². The smallest absolute Gasteiger partial charge is 0.269 e. The van der Waals surface area contributed by atoms with Crippen molar-refractivity contribution >= 4 is 17.3 Å². The minimum Gasteiger partial charge on any atom is -0.493 e. The SMILES string of the molecule is COc1cc(/C=C(/C#N)c2ccc([N+](=O)[O-])cc2)ccc1OC(C)c1ccccc1. The number of nitro groups is 1. The van der Waals surface area contributed by atoms with Crippen LogP contribution < -0.4 is 9.47 Å². The van der Waals surface area contributed by atoms with E-state index in [1.54, 1.807) is 37.5 Å². The van der Waals surface area contributed by atoms with E-state index in [1.807, 2.05) is 43.3 Å². The molecule has 0 heterocycles. The standard InChI is InChI=1S/C24H20N2O4/c1-17(19-6-4-3-5-7-19)30-23-13-8-18(15-24(23)29-2)14-21(16-25)20-9-11-22(12-10-20)26(27)28/h3-15,17H,1-2H3/b21-14-. The number of hydrogen-bond acceptors (Lipinski definition) is 5. The zero-order chi connectivity index (χ0) is 21.5. The van der Waals surface area contributed by atoms with Gasteiger partial charge in [-0.2, -0.15) is 5.26 Å². The largest absolute Gasteiger partial charge is 0.493 e. The van der Waals surface area contributed by atoms with Crippen LogP contribution in [0.15, 0.2) is 72.8 Å². The molecule has 0 N–H and O–H groups in total. The van der Waals surface area contributed by atoms with Crippen LogP contribution in [0.3, 0.4) is 0 Å². The van der Waals surface area contributed by atoms with Crippen molar-refractivity contribution in [2.24, 2.45) is 0 Å². The average Bonchev–Trinajstić information content (AvgIpc) is 2.78. The predicted molar refractivity (Wildman–Crippen MR) is 115 cm³/mol. The van der Waals surface area contributed by atoms with Crippen molar-refractivity contribution in [1.82, 2.24) is 0 Å². The van der Waals surface area contributed by atoms with Crippen molar-refractivity contribution in [2.45, 2.75) is 13.0 Å². The van der Waals surface area contributed by atoms with Crippen LogP contribution in [0.25, 0.3) is 11.6 Å². The Bertz CT molecular complexity index is 1100. The number of rotatable bonds is 7. The van der Waals surface area contributed by atoms with Gasteiger partial charge >= 0.3 is 0 Å². The molecule has 0 spiro atoms. The predicted octanol–water partition coefficient (Wildman–Crippen LogP) is 5.81. The van der Waals surface area contributed by atoms with Crippen LogP contribution in [0.2, 0.25) is 0 Å². The topological polar surface area (TPSA) is 85.4 Å². The van der Waals surface area contributed by atoms with Crippen LogP contribution in [0, 0.1) is 21.4 Å². The summed E-state index contributed by atoms with van der Waals surface area (Å²) >= 11 is 0. The first-order valence-electron chi connectivity index (χ1n) is 9.28. The van der Waals surface area contributed by atoms with Crippen LogP contribution >= 0.6 is 0 Å². The average molecular weight is 400 g/mol. The number of non-ortho nitro benzene ring substituents is 1. The highest BCUT2D eigenvalue weighted by Crippen LogP contribution is 2.33. The molecule has 0 bridgehead atoms. The highest BCUT2D eigenvalue weighted by molar-refractivity contribution is 5.90. The van der Waals surface area contributed by atoms with E-state index in [1.165, 1.54) is 12.1 Å². The fraction of sp³-hybridized carbons (Fsp3) is 0.125. The van der Waals surface area contributed by atoms with Crippen molar-refractivity contribution in [3.8, 4) is 17.6 Å². The van der Waals surface area contributed by atoms with Gasteiger partial charge in [0.15, 0.2) is 11.5 Å². The molecule has 6 heteroatoms. The second-order valence-corrected chi connectivity index (χ2v) is 6.55. The van der Waals surface area contributed by atoms with E-state index in [4.69, 9.17) is 9.47 Å². The van der Waals surface area contributed by atoms with Crippen molar-refractivity contribution in [2.75, 3.05) is 7.11 Å². The molecule has 0 saturated carbocycles.